The van der Waals surface area contributed by atoms with Gasteiger partial charge in [-0.3, -0.25) is 4.79 Å². The summed E-state index contributed by atoms with van der Waals surface area (Å²) in [6, 6.07) is 0. The van der Waals surface area contributed by atoms with Crippen LogP contribution < -0.4 is 5.32 Å². The van der Waals surface area contributed by atoms with Crippen molar-refractivity contribution in [3.63, 3.8) is 0 Å². The topological polar surface area (TPSA) is 29.1 Å². The largest absolute Gasteiger partial charge is 0.356 e. The normalized spacial score (nSPS) is 13.9. The lowest BCUT2D eigenvalue weighted by Crippen LogP contribution is -2.42. The highest BCUT2D eigenvalue weighted by Gasteiger charge is 2.34. The second kappa shape index (κ2) is 5.63. The Morgan fingerprint density at radius 3 is 1.56 bits per heavy atom. The van der Waals surface area contributed by atoms with Crippen molar-refractivity contribution >= 4 is 5.91 Å². The standard InChI is InChI=1S/C16H33NO/c1-14(2,3)10-13(18)17-11-12(15(4,5)6)16(7,8)9/h12H,10-11H2,1-9H3,(H,17,18). The molecule has 108 valence electrons. The van der Waals surface area contributed by atoms with Crippen molar-refractivity contribution in [1.82, 2.24) is 5.32 Å². The summed E-state index contributed by atoms with van der Waals surface area (Å²) in [7, 11) is 0. The molecule has 0 radical (unpaired) electrons. The van der Waals surface area contributed by atoms with Gasteiger partial charge in [-0.05, 0) is 22.2 Å². The predicted octanol–water partition coefficient (Wildman–Crippen LogP) is 4.25. The van der Waals surface area contributed by atoms with Crippen molar-refractivity contribution in [1.29, 1.82) is 0 Å². The van der Waals surface area contributed by atoms with Gasteiger partial charge in [0.15, 0.2) is 0 Å². The van der Waals surface area contributed by atoms with Gasteiger partial charge in [-0.15, -0.1) is 0 Å². The molecule has 1 N–H and O–H groups in total. The third-order valence-electron chi connectivity index (χ3n) is 3.29. The van der Waals surface area contributed by atoms with Crippen LogP contribution in [0.5, 0.6) is 0 Å². The summed E-state index contributed by atoms with van der Waals surface area (Å²) in [4.78, 5) is 11.9. The lowest BCUT2D eigenvalue weighted by Gasteiger charge is -2.41. The Bertz CT molecular complexity index is 259. The number of rotatable bonds is 3. The van der Waals surface area contributed by atoms with Crippen LogP contribution in [-0.2, 0) is 4.79 Å². The number of carbonyl (C=O) groups is 1. The van der Waals surface area contributed by atoms with Gasteiger partial charge in [0.1, 0.15) is 0 Å². The molecule has 0 rings (SSSR count). The Balaban J connectivity index is 4.52. The molecular weight excluding hydrogens is 222 g/mol. The van der Waals surface area contributed by atoms with E-state index in [0.29, 0.717) is 12.3 Å². The van der Waals surface area contributed by atoms with Gasteiger partial charge < -0.3 is 5.32 Å². The number of hydrogen-bond donors (Lipinski definition) is 1. The van der Waals surface area contributed by atoms with Gasteiger partial charge in [0, 0.05) is 13.0 Å². The number of nitrogens with one attached hydrogen (secondary N) is 1. The third-order valence-corrected chi connectivity index (χ3v) is 3.29. The minimum Gasteiger partial charge on any atom is -0.356 e. The molecule has 0 spiro atoms. The van der Waals surface area contributed by atoms with Crippen LogP contribution in [0, 0.1) is 22.2 Å². The van der Waals surface area contributed by atoms with Gasteiger partial charge in [-0.25, -0.2) is 0 Å². The minimum atomic E-state index is 0.0586. The molecule has 2 nitrogen and oxygen atoms in total. The average Bonchev–Trinajstić information content (AvgIpc) is 1.93. The molecule has 1 amide bonds. The second-order valence-corrected chi connectivity index (χ2v) is 8.83. The van der Waals surface area contributed by atoms with Gasteiger partial charge in [-0.2, -0.15) is 0 Å². The fourth-order valence-corrected chi connectivity index (χ4v) is 2.67. The Morgan fingerprint density at radius 1 is 0.889 bits per heavy atom. The maximum absolute atomic E-state index is 11.9. The second-order valence-electron chi connectivity index (χ2n) is 8.83. The maximum atomic E-state index is 11.9. The van der Waals surface area contributed by atoms with Crippen LogP contribution in [-0.4, -0.2) is 12.5 Å². The van der Waals surface area contributed by atoms with Crippen LogP contribution in [0.3, 0.4) is 0 Å². The summed E-state index contributed by atoms with van der Waals surface area (Å²) >= 11 is 0. The highest BCUT2D eigenvalue weighted by atomic mass is 16.1. The summed E-state index contributed by atoms with van der Waals surface area (Å²) in [5.74, 6) is 0.634. The average molecular weight is 255 g/mol. The Labute approximate surface area is 114 Å². The van der Waals surface area contributed by atoms with Crippen LogP contribution in [0.4, 0.5) is 0 Å². The molecule has 0 saturated carbocycles. The lowest BCUT2D eigenvalue weighted by molar-refractivity contribution is -0.123. The van der Waals surface area contributed by atoms with Crippen LogP contribution in [0.25, 0.3) is 0 Å². The first-order chi connectivity index (χ1) is 7.73. The third kappa shape index (κ3) is 7.03. The quantitative estimate of drug-likeness (QED) is 0.802. The molecule has 18 heavy (non-hydrogen) atoms. The first-order valence-corrected chi connectivity index (χ1v) is 7.00. The van der Waals surface area contributed by atoms with Crippen molar-refractivity contribution in [3.05, 3.63) is 0 Å². The monoisotopic (exact) mass is 255 g/mol. The molecule has 0 aromatic rings. The molecule has 0 aliphatic rings. The van der Waals surface area contributed by atoms with Crippen LogP contribution in [0.15, 0.2) is 0 Å². The first kappa shape index (κ1) is 17.5. The molecule has 0 atom stereocenters. The summed E-state index contributed by atoms with van der Waals surface area (Å²) in [6.45, 7) is 20.5. The van der Waals surface area contributed by atoms with Crippen LogP contribution in [0.1, 0.15) is 68.7 Å². The van der Waals surface area contributed by atoms with E-state index in [1.165, 1.54) is 0 Å². The number of hydrogen-bond acceptors (Lipinski definition) is 1. The maximum Gasteiger partial charge on any atom is 0.220 e. The van der Waals surface area contributed by atoms with E-state index in [2.05, 4.69) is 67.6 Å². The van der Waals surface area contributed by atoms with E-state index in [9.17, 15) is 4.79 Å². The van der Waals surface area contributed by atoms with Gasteiger partial charge in [0.25, 0.3) is 0 Å². The van der Waals surface area contributed by atoms with Gasteiger partial charge in [0.05, 0.1) is 0 Å². The van der Waals surface area contributed by atoms with E-state index in [1.54, 1.807) is 0 Å². The van der Waals surface area contributed by atoms with Crippen LogP contribution in [0.2, 0.25) is 0 Å². The van der Waals surface area contributed by atoms with Crippen molar-refractivity contribution in [2.24, 2.45) is 22.2 Å². The molecule has 0 fully saturated rings. The van der Waals surface area contributed by atoms with Gasteiger partial charge in [0.2, 0.25) is 5.91 Å². The molecule has 0 aliphatic heterocycles. The summed E-state index contributed by atoms with van der Waals surface area (Å²) < 4.78 is 0. The Morgan fingerprint density at radius 2 is 1.28 bits per heavy atom. The van der Waals surface area contributed by atoms with E-state index in [-0.39, 0.29) is 22.2 Å². The molecular formula is C16H33NO. The van der Waals surface area contributed by atoms with Crippen molar-refractivity contribution in [2.75, 3.05) is 6.54 Å². The zero-order valence-corrected chi connectivity index (χ0v) is 13.9. The van der Waals surface area contributed by atoms with Gasteiger partial charge >= 0.3 is 0 Å². The van der Waals surface area contributed by atoms with Crippen molar-refractivity contribution in [3.8, 4) is 0 Å². The van der Waals surface area contributed by atoms with Crippen molar-refractivity contribution in [2.45, 2.75) is 68.7 Å². The fraction of sp³-hybridized carbons (Fsp3) is 0.938. The van der Waals surface area contributed by atoms with Crippen molar-refractivity contribution < 1.29 is 4.79 Å². The molecule has 0 bridgehead atoms. The smallest absolute Gasteiger partial charge is 0.220 e. The zero-order valence-electron chi connectivity index (χ0n) is 13.9. The highest BCUT2D eigenvalue weighted by Crippen LogP contribution is 2.39. The Kier molecular flexibility index (Phi) is 5.46. The first-order valence-electron chi connectivity index (χ1n) is 7.00. The lowest BCUT2D eigenvalue weighted by atomic mass is 9.66. The van der Waals surface area contributed by atoms with E-state index in [4.69, 9.17) is 0 Å². The van der Waals surface area contributed by atoms with E-state index < -0.39 is 0 Å². The van der Waals surface area contributed by atoms with Crippen LogP contribution >= 0.6 is 0 Å². The number of carbonyl (C=O) groups excluding carboxylic acids is 1. The number of amides is 1. The Hall–Kier alpha value is -0.530. The fourth-order valence-electron chi connectivity index (χ4n) is 2.67. The summed E-state index contributed by atoms with van der Waals surface area (Å²) in [6.07, 6.45) is 0.591. The molecule has 0 saturated heterocycles. The summed E-state index contributed by atoms with van der Waals surface area (Å²) in [5.41, 5.74) is 0.462. The summed E-state index contributed by atoms with van der Waals surface area (Å²) in [5, 5.41) is 3.11. The molecule has 0 aromatic heterocycles. The zero-order chi connectivity index (χ0) is 14.8. The molecule has 0 aliphatic carbocycles. The molecule has 2 heteroatoms. The van der Waals surface area contributed by atoms with E-state index in [0.717, 1.165) is 6.54 Å². The predicted molar refractivity (Wildman–Crippen MR) is 79.5 cm³/mol. The molecule has 0 heterocycles. The minimum absolute atomic E-state index is 0.0586. The molecule has 0 aromatic carbocycles. The SMILES string of the molecule is CC(C)(C)CC(=O)NCC(C(C)(C)C)C(C)(C)C. The van der Waals surface area contributed by atoms with Gasteiger partial charge in [-0.1, -0.05) is 62.3 Å². The van der Waals surface area contributed by atoms with E-state index >= 15 is 0 Å². The highest BCUT2D eigenvalue weighted by molar-refractivity contribution is 5.76. The van der Waals surface area contributed by atoms with E-state index in [1.807, 2.05) is 0 Å². The molecule has 0 unspecified atom stereocenters.